The zero-order valence-corrected chi connectivity index (χ0v) is 28.8. The number of allylic oxidation sites excluding steroid dienone is 7. The topological polar surface area (TPSA) is 9.86 Å². The van der Waals surface area contributed by atoms with E-state index in [1.54, 1.807) is 11.1 Å². The fraction of sp³-hybridized carbons (Fsp3) is 0.250. The molecule has 0 aliphatic heterocycles. The second-order valence-electron chi connectivity index (χ2n) is 14.9. The molecule has 0 bridgehead atoms. The Bertz CT molecular complexity index is 2370. The number of hydrogen-bond donors (Lipinski definition) is 0. The molecule has 0 radical (unpaired) electrons. The number of para-hydroxylation sites is 2. The standard InChI is InChI=1S/C48H44N2/c1-4-12-33(13-5-1)34-20-22-35(23-21-34)36-24-27-47-43(30-36)44-32-38(26-29-48(44)50(47)40-16-8-3-9-17-40)37-25-28-46-42(31-37)41-18-10-11-19-45(41)49(46)39-14-6-2-7-15-39/h1-6,8-14,16-19,22,26,29,31-32,34,36H,7,15,20-21,23-25,27-28,30H2. The molecule has 2 heterocycles. The Morgan fingerprint density at radius 1 is 0.620 bits per heavy atom. The molecule has 0 spiro atoms. The number of nitrogens with zero attached hydrogens (tertiary/aromatic N) is 2. The van der Waals surface area contributed by atoms with Crippen molar-refractivity contribution in [1.29, 1.82) is 0 Å². The maximum absolute atomic E-state index is 2.62. The molecular weight excluding hydrogens is 605 g/mol. The summed E-state index contributed by atoms with van der Waals surface area (Å²) in [7, 11) is 0. The summed E-state index contributed by atoms with van der Waals surface area (Å²) in [6.07, 6.45) is 23.6. The molecule has 0 saturated heterocycles. The average Bonchev–Trinajstić information content (AvgIpc) is 3.71. The van der Waals surface area contributed by atoms with Crippen LogP contribution in [0.3, 0.4) is 0 Å². The first-order valence-corrected chi connectivity index (χ1v) is 18.9. The van der Waals surface area contributed by atoms with Gasteiger partial charge in [0.15, 0.2) is 0 Å². The number of rotatable bonds is 5. The molecule has 2 heteroatoms. The first-order chi connectivity index (χ1) is 24.8. The molecule has 4 aromatic carbocycles. The quantitative estimate of drug-likeness (QED) is 0.165. The summed E-state index contributed by atoms with van der Waals surface area (Å²) >= 11 is 0. The van der Waals surface area contributed by atoms with Gasteiger partial charge in [0.25, 0.3) is 0 Å². The highest BCUT2D eigenvalue weighted by atomic mass is 15.0. The summed E-state index contributed by atoms with van der Waals surface area (Å²) in [5.74, 6) is 1.31. The monoisotopic (exact) mass is 648 g/mol. The fourth-order valence-electron chi connectivity index (χ4n) is 9.76. The predicted octanol–water partition coefficient (Wildman–Crippen LogP) is 12.3. The lowest BCUT2D eigenvalue weighted by Gasteiger charge is -2.30. The molecule has 2 atom stereocenters. The van der Waals surface area contributed by atoms with Gasteiger partial charge in [-0.25, -0.2) is 0 Å². The van der Waals surface area contributed by atoms with Gasteiger partial charge < -0.3 is 9.13 Å². The van der Waals surface area contributed by atoms with Gasteiger partial charge in [0.2, 0.25) is 0 Å². The number of aromatic nitrogens is 2. The summed E-state index contributed by atoms with van der Waals surface area (Å²) in [4.78, 5) is 0. The van der Waals surface area contributed by atoms with Crippen molar-refractivity contribution in [3.8, 4) is 5.69 Å². The number of fused-ring (bicyclic) bond motifs is 6. The van der Waals surface area contributed by atoms with E-state index in [0.717, 1.165) is 38.5 Å². The van der Waals surface area contributed by atoms with Crippen molar-refractivity contribution in [1.82, 2.24) is 9.13 Å². The fourth-order valence-corrected chi connectivity index (χ4v) is 9.76. The Hall–Kier alpha value is -5.08. The van der Waals surface area contributed by atoms with Gasteiger partial charge >= 0.3 is 0 Å². The largest absolute Gasteiger partial charge is 0.317 e. The Kier molecular flexibility index (Phi) is 7.36. The maximum Gasteiger partial charge on any atom is 0.0534 e. The van der Waals surface area contributed by atoms with Crippen molar-refractivity contribution >= 4 is 39.2 Å². The number of hydrogen-bond acceptors (Lipinski definition) is 0. The van der Waals surface area contributed by atoms with Crippen LogP contribution in [-0.2, 0) is 19.3 Å². The minimum atomic E-state index is 0.643. The van der Waals surface area contributed by atoms with Crippen LogP contribution in [0.15, 0.2) is 133 Å². The van der Waals surface area contributed by atoms with E-state index in [-0.39, 0.29) is 0 Å². The third-order valence-corrected chi connectivity index (χ3v) is 12.2. The Labute approximate surface area is 295 Å². The highest BCUT2D eigenvalue weighted by molar-refractivity contribution is 6.01. The van der Waals surface area contributed by atoms with Crippen LogP contribution in [0.2, 0.25) is 0 Å². The molecule has 0 amide bonds. The summed E-state index contributed by atoms with van der Waals surface area (Å²) in [6.45, 7) is 0. The first-order valence-electron chi connectivity index (χ1n) is 18.9. The summed E-state index contributed by atoms with van der Waals surface area (Å²) in [5.41, 5.74) is 17.5. The van der Waals surface area contributed by atoms with Crippen molar-refractivity contribution in [2.24, 2.45) is 5.92 Å². The molecule has 6 aromatic rings. The minimum absolute atomic E-state index is 0.643. The van der Waals surface area contributed by atoms with Gasteiger partial charge in [0, 0.05) is 39.1 Å². The zero-order chi connectivity index (χ0) is 33.0. The van der Waals surface area contributed by atoms with Crippen LogP contribution in [0.1, 0.15) is 84.5 Å². The van der Waals surface area contributed by atoms with E-state index in [0.29, 0.717) is 11.8 Å². The predicted molar refractivity (Wildman–Crippen MR) is 211 cm³/mol. The molecule has 0 saturated carbocycles. The van der Waals surface area contributed by atoms with Gasteiger partial charge in [-0.1, -0.05) is 96.6 Å². The van der Waals surface area contributed by atoms with Crippen molar-refractivity contribution < 1.29 is 0 Å². The first kappa shape index (κ1) is 29.8. The second kappa shape index (κ2) is 12.4. The van der Waals surface area contributed by atoms with E-state index in [2.05, 4.69) is 143 Å². The van der Waals surface area contributed by atoms with Crippen LogP contribution < -0.4 is 0 Å². The molecule has 0 fully saturated rings. The normalized spacial score (nSPS) is 20.3. The Morgan fingerprint density at radius 2 is 1.42 bits per heavy atom. The van der Waals surface area contributed by atoms with Gasteiger partial charge in [-0.15, -0.1) is 0 Å². The van der Waals surface area contributed by atoms with E-state index in [1.165, 1.54) is 92.5 Å². The number of benzene rings is 4. The third-order valence-electron chi connectivity index (χ3n) is 12.2. The summed E-state index contributed by atoms with van der Waals surface area (Å²) in [6, 6.07) is 38.7. The average molecular weight is 649 g/mol. The van der Waals surface area contributed by atoms with E-state index < -0.39 is 0 Å². The van der Waals surface area contributed by atoms with E-state index >= 15 is 0 Å². The highest BCUT2D eigenvalue weighted by Gasteiger charge is 2.30. The van der Waals surface area contributed by atoms with Crippen molar-refractivity contribution in [2.75, 3.05) is 0 Å². The van der Waals surface area contributed by atoms with Gasteiger partial charge in [0.1, 0.15) is 0 Å². The molecule has 4 aliphatic carbocycles. The van der Waals surface area contributed by atoms with Crippen LogP contribution >= 0.6 is 0 Å². The molecule has 246 valence electrons. The van der Waals surface area contributed by atoms with Gasteiger partial charge in [-0.2, -0.15) is 0 Å². The van der Waals surface area contributed by atoms with Crippen LogP contribution in [0.4, 0.5) is 0 Å². The van der Waals surface area contributed by atoms with Gasteiger partial charge in [-0.3, -0.25) is 0 Å². The lowest BCUT2D eigenvalue weighted by atomic mass is 9.75. The molecular formula is C48H44N2. The molecule has 2 aromatic heterocycles. The molecule has 0 N–H and O–H groups in total. The lowest BCUT2D eigenvalue weighted by Crippen LogP contribution is -2.19. The van der Waals surface area contributed by atoms with Crippen LogP contribution in [0.5, 0.6) is 0 Å². The van der Waals surface area contributed by atoms with Crippen molar-refractivity contribution in [3.05, 3.63) is 167 Å². The Morgan fingerprint density at radius 3 is 2.24 bits per heavy atom. The van der Waals surface area contributed by atoms with Gasteiger partial charge in [0.05, 0.1) is 11.0 Å². The van der Waals surface area contributed by atoms with Crippen LogP contribution in [-0.4, -0.2) is 9.13 Å². The third kappa shape index (κ3) is 4.99. The maximum atomic E-state index is 2.62. The van der Waals surface area contributed by atoms with Gasteiger partial charge in [-0.05, 0) is 141 Å². The van der Waals surface area contributed by atoms with E-state index in [1.807, 2.05) is 0 Å². The molecule has 10 rings (SSSR count). The minimum Gasteiger partial charge on any atom is -0.317 e. The lowest BCUT2D eigenvalue weighted by molar-refractivity contribution is 0.470. The molecule has 4 aliphatic rings. The van der Waals surface area contributed by atoms with E-state index in [9.17, 15) is 0 Å². The van der Waals surface area contributed by atoms with E-state index in [4.69, 9.17) is 0 Å². The van der Waals surface area contributed by atoms with Crippen molar-refractivity contribution in [2.45, 2.75) is 70.1 Å². The zero-order valence-electron chi connectivity index (χ0n) is 28.8. The van der Waals surface area contributed by atoms with Crippen LogP contribution in [0.25, 0.3) is 44.8 Å². The highest BCUT2D eigenvalue weighted by Crippen LogP contribution is 2.44. The SMILES string of the molecule is C1=CCCC(n2c3c(c4ccccc42)C=C(c2ccc4c(c2)c2c(n4-c4ccccc4)CCC(C4=CCC(c5ccccc5)CC4)C2)CC3)=C1. The summed E-state index contributed by atoms with van der Waals surface area (Å²) < 4.78 is 5.15. The molecule has 2 nitrogen and oxygen atoms in total. The molecule has 50 heavy (non-hydrogen) atoms. The Balaban J connectivity index is 1.05. The van der Waals surface area contributed by atoms with Crippen molar-refractivity contribution in [3.63, 3.8) is 0 Å². The van der Waals surface area contributed by atoms with Crippen LogP contribution in [0, 0.1) is 5.92 Å². The molecule has 2 unspecified atom stereocenters. The second-order valence-corrected chi connectivity index (χ2v) is 14.9. The smallest absolute Gasteiger partial charge is 0.0534 e. The summed E-state index contributed by atoms with van der Waals surface area (Å²) in [5, 5.41) is 2.83.